The van der Waals surface area contributed by atoms with E-state index in [0.29, 0.717) is 11.5 Å². The third-order valence-electron chi connectivity index (χ3n) is 1.39. The molecular formula is C8H10O6S2. The van der Waals surface area contributed by atoms with Crippen molar-refractivity contribution in [1.29, 1.82) is 0 Å². The predicted octanol–water partition coefficient (Wildman–Crippen LogP) is 0.455. The maximum atomic E-state index is 10.6. The van der Waals surface area contributed by atoms with Crippen LogP contribution in [0.4, 0.5) is 0 Å². The van der Waals surface area contributed by atoms with Crippen molar-refractivity contribution in [1.82, 2.24) is 0 Å². The minimum atomic E-state index is -1.45. The lowest BCUT2D eigenvalue weighted by atomic mass is 10.3. The van der Waals surface area contributed by atoms with Crippen LogP contribution in [-0.4, -0.2) is 45.2 Å². The molecule has 0 bridgehead atoms. The Labute approximate surface area is 99.2 Å². The van der Waals surface area contributed by atoms with Gasteiger partial charge in [-0.25, -0.2) is 9.59 Å². The highest BCUT2D eigenvalue weighted by Crippen LogP contribution is 2.22. The van der Waals surface area contributed by atoms with E-state index in [1.54, 1.807) is 0 Å². The van der Waals surface area contributed by atoms with Gasteiger partial charge >= 0.3 is 11.9 Å². The first-order chi connectivity index (χ1) is 7.45. The molecule has 0 aromatic carbocycles. The fraction of sp³-hybridized carbons (Fsp3) is 0.500. The van der Waals surface area contributed by atoms with E-state index < -0.39 is 23.5 Å². The lowest BCUT2D eigenvalue weighted by Gasteiger charge is -1.97. The zero-order valence-electron chi connectivity index (χ0n) is 8.17. The highest BCUT2D eigenvalue weighted by molar-refractivity contribution is 8.76. The molecule has 0 aromatic heterocycles. The molecule has 0 spiro atoms. The van der Waals surface area contributed by atoms with Gasteiger partial charge in [0, 0.05) is 24.3 Å². The van der Waals surface area contributed by atoms with Crippen molar-refractivity contribution in [3.05, 3.63) is 0 Å². The lowest BCUT2D eigenvalue weighted by Crippen LogP contribution is -2.13. The first-order valence-electron chi connectivity index (χ1n) is 4.21. The van der Waals surface area contributed by atoms with E-state index >= 15 is 0 Å². The van der Waals surface area contributed by atoms with Crippen LogP contribution in [0.5, 0.6) is 0 Å². The maximum Gasteiger partial charge on any atom is 0.372 e. The van der Waals surface area contributed by atoms with E-state index in [9.17, 15) is 19.2 Å². The summed E-state index contributed by atoms with van der Waals surface area (Å²) in [6.07, 6.45) is -0.139. The molecule has 0 aromatic rings. The molecule has 0 aliphatic carbocycles. The molecule has 0 aliphatic heterocycles. The van der Waals surface area contributed by atoms with E-state index in [-0.39, 0.29) is 12.8 Å². The van der Waals surface area contributed by atoms with Crippen LogP contribution in [-0.2, 0) is 19.2 Å². The SMILES string of the molecule is O=C(O)C(=O)CCSSCCC(=O)C(=O)O. The second-order valence-electron chi connectivity index (χ2n) is 2.60. The Morgan fingerprint density at radius 3 is 1.31 bits per heavy atom. The number of rotatable bonds is 9. The number of hydrogen-bond acceptors (Lipinski definition) is 6. The molecule has 0 saturated heterocycles. The van der Waals surface area contributed by atoms with Crippen LogP contribution >= 0.6 is 21.6 Å². The Hall–Kier alpha value is -1.02. The zero-order chi connectivity index (χ0) is 12.6. The van der Waals surface area contributed by atoms with Crippen LogP contribution in [0.3, 0.4) is 0 Å². The molecule has 0 rings (SSSR count). The molecule has 0 heterocycles. The van der Waals surface area contributed by atoms with Gasteiger partial charge in [-0.1, -0.05) is 21.6 Å². The Morgan fingerprint density at radius 1 is 0.750 bits per heavy atom. The van der Waals surface area contributed by atoms with Crippen molar-refractivity contribution in [2.75, 3.05) is 11.5 Å². The number of carboxylic acid groups (broad SMARTS) is 2. The summed E-state index contributed by atoms with van der Waals surface area (Å²) in [6, 6.07) is 0. The minimum Gasteiger partial charge on any atom is -0.476 e. The summed E-state index contributed by atoms with van der Waals surface area (Å²) in [7, 11) is 2.48. The molecule has 6 nitrogen and oxygen atoms in total. The second-order valence-corrected chi connectivity index (χ2v) is 5.30. The van der Waals surface area contributed by atoms with Gasteiger partial charge in [0.25, 0.3) is 0 Å². The molecule has 0 fully saturated rings. The molecule has 0 aliphatic rings. The van der Waals surface area contributed by atoms with Gasteiger partial charge in [-0.3, -0.25) is 9.59 Å². The van der Waals surface area contributed by atoms with Crippen LogP contribution < -0.4 is 0 Å². The summed E-state index contributed by atoms with van der Waals surface area (Å²) in [5, 5.41) is 16.5. The maximum absolute atomic E-state index is 10.6. The number of aliphatic carboxylic acids is 2. The number of carbonyl (C=O) groups excluding carboxylic acids is 2. The monoisotopic (exact) mass is 266 g/mol. The molecule has 2 N–H and O–H groups in total. The van der Waals surface area contributed by atoms with Gasteiger partial charge in [0.2, 0.25) is 11.6 Å². The fourth-order valence-electron chi connectivity index (χ4n) is 0.600. The van der Waals surface area contributed by atoms with Crippen molar-refractivity contribution in [2.45, 2.75) is 12.8 Å². The highest BCUT2D eigenvalue weighted by atomic mass is 33.1. The van der Waals surface area contributed by atoms with E-state index in [1.165, 1.54) is 21.6 Å². The average molecular weight is 266 g/mol. The van der Waals surface area contributed by atoms with Crippen LogP contribution in [0.1, 0.15) is 12.8 Å². The second kappa shape index (κ2) is 8.17. The molecule has 0 saturated carbocycles. The zero-order valence-corrected chi connectivity index (χ0v) is 9.81. The average Bonchev–Trinajstić information content (AvgIpc) is 2.21. The number of ketones is 2. The Morgan fingerprint density at radius 2 is 1.06 bits per heavy atom. The van der Waals surface area contributed by atoms with Gasteiger partial charge in [-0.05, 0) is 0 Å². The molecule has 8 heteroatoms. The van der Waals surface area contributed by atoms with E-state index in [1.807, 2.05) is 0 Å². The third kappa shape index (κ3) is 7.30. The molecule has 90 valence electrons. The number of Topliss-reactive ketones (excluding diaryl/α,β-unsaturated/α-hetero) is 2. The van der Waals surface area contributed by atoms with Gasteiger partial charge in [-0.2, -0.15) is 0 Å². The number of carbonyl (C=O) groups is 4. The lowest BCUT2D eigenvalue weighted by molar-refractivity contribution is -0.148. The van der Waals surface area contributed by atoms with Crippen LogP contribution in [0.25, 0.3) is 0 Å². The van der Waals surface area contributed by atoms with Gasteiger partial charge in [0.05, 0.1) is 0 Å². The normalized spacial score (nSPS) is 9.75. The first-order valence-corrected chi connectivity index (χ1v) is 6.70. The third-order valence-corrected chi connectivity index (χ3v) is 3.79. The van der Waals surface area contributed by atoms with Gasteiger partial charge in [-0.15, -0.1) is 0 Å². The van der Waals surface area contributed by atoms with Crippen molar-refractivity contribution >= 4 is 45.1 Å². The quantitative estimate of drug-likeness (QED) is 0.352. The number of carboxylic acids is 2. The fourth-order valence-corrected chi connectivity index (χ4v) is 2.58. The van der Waals surface area contributed by atoms with Crippen molar-refractivity contribution in [3.63, 3.8) is 0 Å². The Bertz CT molecular complexity index is 271. The summed E-state index contributed by atoms with van der Waals surface area (Å²) < 4.78 is 0. The Kier molecular flexibility index (Phi) is 7.65. The van der Waals surface area contributed by atoms with E-state index in [0.717, 1.165) is 0 Å². The minimum absolute atomic E-state index is 0.0696. The largest absolute Gasteiger partial charge is 0.476 e. The summed E-state index contributed by atoms with van der Waals surface area (Å²) in [5.41, 5.74) is 0. The smallest absolute Gasteiger partial charge is 0.372 e. The Balaban J connectivity index is 3.41. The summed E-state index contributed by atoms with van der Waals surface area (Å²) in [6.45, 7) is 0. The van der Waals surface area contributed by atoms with Crippen LogP contribution in [0.15, 0.2) is 0 Å². The summed E-state index contributed by atoms with van der Waals surface area (Å²) in [5.74, 6) is -3.95. The topological polar surface area (TPSA) is 109 Å². The predicted molar refractivity (Wildman–Crippen MR) is 59.4 cm³/mol. The molecular weight excluding hydrogens is 256 g/mol. The van der Waals surface area contributed by atoms with Crippen LogP contribution in [0.2, 0.25) is 0 Å². The van der Waals surface area contributed by atoms with E-state index in [2.05, 4.69) is 0 Å². The first kappa shape index (κ1) is 15.0. The molecule has 16 heavy (non-hydrogen) atoms. The summed E-state index contributed by atoms with van der Waals surface area (Å²) in [4.78, 5) is 41.5. The van der Waals surface area contributed by atoms with Gasteiger partial charge < -0.3 is 10.2 Å². The van der Waals surface area contributed by atoms with Crippen molar-refractivity contribution < 1.29 is 29.4 Å². The van der Waals surface area contributed by atoms with Gasteiger partial charge in [0.1, 0.15) is 0 Å². The van der Waals surface area contributed by atoms with E-state index in [4.69, 9.17) is 10.2 Å². The number of hydrogen-bond donors (Lipinski definition) is 2. The molecule has 0 atom stereocenters. The van der Waals surface area contributed by atoms with Gasteiger partial charge in [0.15, 0.2) is 0 Å². The molecule has 0 amide bonds. The van der Waals surface area contributed by atoms with Crippen molar-refractivity contribution in [2.24, 2.45) is 0 Å². The van der Waals surface area contributed by atoms with Crippen molar-refractivity contribution in [3.8, 4) is 0 Å². The molecule has 0 radical (unpaired) electrons. The molecule has 0 unspecified atom stereocenters. The summed E-state index contributed by atoms with van der Waals surface area (Å²) >= 11 is 0. The highest BCUT2D eigenvalue weighted by Gasteiger charge is 2.12. The standard InChI is InChI=1S/C8H10O6S2/c9-5(7(11)12)1-3-15-16-4-2-6(10)8(13)14/h1-4H2,(H,11,12)(H,13,14). The van der Waals surface area contributed by atoms with Crippen LogP contribution in [0, 0.1) is 0 Å².